The molecule has 1 heterocycles. The first-order valence-electron chi connectivity index (χ1n) is 10.9. The van der Waals surface area contributed by atoms with Gasteiger partial charge < -0.3 is 14.2 Å². The molecule has 1 saturated heterocycles. The summed E-state index contributed by atoms with van der Waals surface area (Å²) in [7, 11) is 0. The van der Waals surface area contributed by atoms with Crippen molar-refractivity contribution < 1.29 is 28.6 Å². The topological polar surface area (TPSA) is 82.1 Å². The van der Waals surface area contributed by atoms with Gasteiger partial charge in [-0.15, -0.1) is 6.58 Å². The molecule has 1 fully saturated rings. The van der Waals surface area contributed by atoms with Crippen molar-refractivity contribution in [1.82, 2.24) is 4.90 Å². The van der Waals surface area contributed by atoms with Gasteiger partial charge in [0, 0.05) is 5.56 Å². The summed E-state index contributed by atoms with van der Waals surface area (Å²) in [6.07, 6.45) is 3.90. The maximum absolute atomic E-state index is 12.7. The van der Waals surface area contributed by atoms with Crippen molar-refractivity contribution in [3.05, 3.63) is 76.7 Å². The number of carbonyl (C=O) groups excluding carboxylic acids is 3. The number of benzene rings is 2. The predicted octanol–water partition coefficient (Wildman–Crippen LogP) is 4.99. The molecule has 0 N–H and O–H groups in total. The molecular formula is C26H27NO6S. The molecule has 1 aliphatic rings. The van der Waals surface area contributed by atoms with Crippen molar-refractivity contribution in [3.63, 3.8) is 0 Å². The van der Waals surface area contributed by atoms with Gasteiger partial charge in [0.25, 0.3) is 11.1 Å². The third kappa shape index (κ3) is 6.29. The number of thioether (sulfide) groups is 1. The van der Waals surface area contributed by atoms with Crippen LogP contribution in [0.5, 0.6) is 11.5 Å². The smallest absolute Gasteiger partial charge is 0.326 e. The minimum atomic E-state index is -0.627. The minimum Gasteiger partial charge on any atom is -0.490 e. The number of carbonyl (C=O) groups is 3. The molecule has 2 aromatic rings. The molecule has 0 aromatic heterocycles. The Morgan fingerprint density at radius 1 is 1.09 bits per heavy atom. The van der Waals surface area contributed by atoms with Crippen LogP contribution in [0.25, 0.3) is 6.08 Å². The Balaban J connectivity index is 1.90. The fourth-order valence-electron chi connectivity index (χ4n) is 3.35. The number of hydrogen-bond donors (Lipinski definition) is 0. The number of allylic oxidation sites excluding steroid dienone is 1. The van der Waals surface area contributed by atoms with Gasteiger partial charge in [0.2, 0.25) is 0 Å². The van der Waals surface area contributed by atoms with Gasteiger partial charge in [-0.25, -0.2) is 0 Å². The van der Waals surface area contributed by atoms with E-state index in [1.807, 2.05) is 43.3 Å². The second kappa shape index (κ2) is 12.1. The first-order chi connectivity index (χ1) is 16.5. The lowest BCUT2D eigenvalue weighted by atomic mass is 10.0. The highest BCUT2D eigenvalue weighted by Crippen LogP contribution is 2.37. The van der Waals surface area contributed by atoms with Crippen LogP contribution in [-0.4, -0.2) is 41.8 Å². The van der Waals surface area contributed by atoms with Crippen molar-refractivity contribution in [2.24, 2.45) is 0 Å². The summed E-state index contributed by atoms with van der Waals surface area (Å²) in [5, 5.41) is -0.511. The third-order valence-electron chi connectivity index (χ3n) is 4.81. The van der Waals surface area contributed by atoms with Crippen LogP contribution >= 0.6 is 11.8 Å². The Labute approximate surface area is 203 Å². The summed E-state index contributed by atoms with van der Waals surface area (Å²) in [6.45, 7) is 7.94. The van der Waals surface area contributed by atoms with Gasteiger partial charge >= 0.3 is 5.97 Å². The monoisotopic (exact) mass is 481 g/mol. The minimum absolute atomic E-state index is 0.176. The van der Waals surface area contributed by atoms with E-state index in [0.29, 0.717) is 36.7 Å². The number of nitrogens with zero attached hydrogens (tertiary/aromatic N) is 1. The van der Waals surface area contributed by atoms with E-state index >= 15 is 0 Å². The maximum atomic E-state index is 12.7. The molecule has 0 aliphatic carbocycles. The lowest BCUT2D eigenvalue weighted by Gasteiger charge is -2.17. The molecule has 0 spiro atoms. The molecule has 2 aromatic carbocycles. The van der Waals surface area contributed by atoms with Crippen LogP contribution < -0.4 is 9.47 Å². The third-order valence-corrected chi connectivity index (χ3v) is 5.72. The van der Waals surface area contributed by atoms with Crippen molar-refractivity contribution in [3.8, 4) is 11.5 Å². The zero-order valence-corrected chi connectivity index (χ0v) is 20.1. The standard InChI is InChI=1S/C26H27NO6S/c1-4-10-20-13-19(15-22-25(29)27(26(30)34-22)16-23(28)32-6-3)14-21(31-5-2)24(20)33-17-18-11-8-7-9-12-18/h4,7-9,11-15H,1,5-6,10,16-17H2,2-3H3/b22-15-. The largest absolute Gasteiger partial charge is 0.490 e. The van der Waals surface area contributed by atoms with E-state index in [0.717, 1.165) is 27.8 Å². The number of ether oxygens (including phenoxy) is 3. The Kier molecular flexibility index (Phi) is 8.93. The number of esters is 1. The van der Waals surface area contributed by atoms with Crippen LogP contribution in [0.2, 0.25) is 0 Å². The quantitative estimate of drug-likeness (QED) is 0.254. The van der Waals surface area contributed by atoms with Crippen LogP contribution in [0.4, 0.5) is 4.79 Å². The molecule has 178 valence electrons. The summed E-state index contributed by atoms with van der Waals surface area (Å²) in [4.78, 5) is 37.9. The summed E-state index contributed by atoms with van der Waals surface area (Å²) < 4.78 is 16.8. The van der Waals surface area contributed by atoms with E-state index < -0.39 is 23.7 Å². The van der Waals surface area contributed by atoms with Gasteiger partial charge in [-0.2, -0.15) is 0 Å². The molecule has 1 aliphatic heterocycles. The average molecular weight is 482 g/mol. The van der Waals surface area contributed by atoms with E-state index in [2.05, 4.69) is 6.58 Å². The Morgan fingerprint density at radius 2 is 1.85 bits per heavy atom. The number of hydrogen-bond acceptors (Lipinski definition) is 7. The fourth-order valence-corrected chi connectivity index (χ4v) is 4.19. The molecule has 0 atom stereocenters. The molecule has 0 radical (unpaired) electrons. The van der Waals surface area contributed by atoms with Gasteiger partial charge in [0.05, 0.1) is 18.1 Å². The van der Waals surface area contributed by atoms with E-state index in [1.165, 1.54) is 0 Å². The first-order valence-corrected chi connectivity index (χ1v) is 11.8. The number of amides is 2. The molecule has 8 heteroatoms. The number of imide groups is 1. The predicted molar refractivity (Wildman–Crippen MR) is 132 cm³/mol. The lowest BCUT2D eigenvalue weighted by Crippen LogP contribution is -2.34. The summed E-state index contributed by atoms with van der Waals surface area (Å²) in [5.41, 5.74) is 2.54. The summed E-state index contributed by atoms with van der Waals surface area (Å²) in [5.74, 6) is -0.0125. The van der Waals surface area contributed by atoms with Crippen LogP contribution in [-0.2, 0) is 27.4 Å². The van der Waals surface area contributed by atoms with Crippen molar-refractivity contribution >= 4 is 35.0 Å². The molecule has 3 rings (SSSR count). The van der Waals surface area contributed by atoms with E-state index in [4.69, 9.17) is 14.2 Å². The van der Waals surface area contributed by atoms with Gasteiger partial charge in [-0.3, -0.25) is 19.3 Å². The van der Waals surface area contributed by atoms with E-state index in [9.17, 15) is 14.4 Å². The van der Waals surface area contributed by atoms with Gasteiger partial charge in [-0.05, 0) is 61.4 Å². The molecule has 7 nitrogen and oxygen atoms in total. The average Bonchev–Trinajstić information content (AvgIpc) is 3.07. The van der Waals surface area contributed by atoms with E-state index in [-0.39, 0.29) is 11.5 Å². The van der Waals surface area contributed by atoms with Gasteiger partial charge in [-0.1, -0.05) is 36.4 Å². The highest BCUT2D eigenvalue weighted by molar-refractivity contribution is 8.18. The van der Waals surface area contributed by atoms with Crippen LogP contribution in [0.1, 0.15) is 30.5 Å². The Morgan fingerprint density at radius 3 is 2.53 bits per heavy atom. The molecule has 34 heavy (non-hydrogen) atoms. The summed E-state index contributed by atoms with van der Waals surface area (Å²) >= 11 is 0.785. The molecular weight excluding hydrogens is 454 g/mol. The molecule has 0 bridgehead atoms. The van der Waals surface area contributed by atoms with Crippen LogP contribution in [0, 0.1) is 0 Å². The normalized spacial score (nSPS) is 14.4. The second-order valence-corrected chi connectivity index (χ2v) is 8.27. The first kappa shape index (κ1) is 25.1. The van der Waals surface area contributed by atoms with Gasteiger partial charge in [0.15, 0.2) is 11.5 Å². The molecule has 0 saturated carbocycles. The van der Waals surface area contributed by atoms with Crippen LogP contribution in [0.3, 0.4) is 0 Å². The zero-order chi connectivity index (χ0) is 24.5. The highest BCUT2D eigenvalue weighted by Gasteiger charge is 2.36. The van der Waals surface area contributed by atoms with Crippen LogP contribution in [0.15, 0.2) is 60.0 Å². The second-order valence-electron chi connectivity index (χ2n) is 7.28. The van der Waals surface area contributed by atoms with E-state index in [1.54, 1.807) is 25.1 Å². The summed E-state index contributed by atoms with van der Waals surface area (Å²) in [6, 6.07) is 13.5. The Hall–Kier alpha value is -3.52. The SMILES string of the molecule is C=CCc1cc(/C=C2\SC(=O)N(CC(=O)OCC)C2=O)cc(OCC)c1OCc1ccccc1. The van der Waals surface area contributed by atoms with Crippen molar-refractivity contribution in [2.45, 2.75) is 26.9 Å². The zero-order valence-electron chi connectivity index (χ0n) is 19.2. The fraction of sp³-hybridized carbons (Fsp3) is 0.269. The highest BCUT2D eigenvalue weighted by atomic mass is 32.2. The lowest BCUT2D eigenvalue weighted by molar-refractivity contribution is -0.145. The van der Waals surface area contributed by atoms with Crippen molar-refractivity contribution in [1.29, 1.82) is 0 Å². The maximum Gasteiger partial charge on any atom is 0.326 e. The van der Waals surface area contributed by atoms with Crippen molar-refractivity contribution in [2.75, 3.05) is 19.8 Å². The molecule has 0 unspecified atom stereocenters. The molecule has 2 amide bonds. The number of rotatable bonds is 11. The van der Waals surface area contributed by atoms with Gasteiger partial charge in [0.1, 0.15) is 13.2 Å². The Bertz CT molecular complexity index is 1100.